The van der Waals surface area contributed by atoms with Crippen LogP contribution in [-0.2, 0) is 21.8 Å². The van der Waals surface area contributed by atoms with Crippen LogP contribution in [0, 0.1) is 11.3 Å². The molecule has 0 radical (unpaired) electrons. The lowest BCUT2D eigenvalue weighted by molar-refractivity contribution is -0.142. The Morgan fingerprint density at radius 2 is 2.29 bits per heavy atom. The average Bonchev–Trinajstić information content (AvgIpc) is 2.28. The number of alkyl halides is 1. The lowest BCUT2D eigenvalue weighted by atomic mass is 10.0. The first-order valence-corrected chi connectivity index (χ1v) is 6.07. The molecule has 17 heavy (non-hydrogen) atoms. The molecule has 0 unspecified atom stereocenters. The van der Waals surface area contributed by atoms with E-state index in [1.807, 2.05) is 6.07 Å². The van der Waals surface area contributed by atoms with Crippen LogP contribution < -0.4 is 0 Å². The maximum Gasteiger partial charge on any atom is 0.310 e. The van der Waals surface area contributed by atoms with E-state index in [1.165, 1.54) is 0 Å². The summed E-state index contributed by atoms with van der Waals surface area (Å²) in [4.78, 5) is 12.1. The van der Waals surface area contributed by atoms with Gasteiger partial charge in [0, 0.05) is 10.8 Å². The van der Waals surface area contributed by atoms with Gasteiger partial charge < -0.3 is 4.74 Å². The summed E-state index contributed by atoms with van der Waals surface area (Å²) in [6, 6.07) is 5.42. The first-order valence-electron chi connectivity index (χ1n) is 5.08. The summed E-state index contributed by atoms with van der Waals surface area (Å²) in [5.74, 6) is -0.146. The normalized spacial score (nSPS) is 9.76. The van der Waals surface area contributed by atoms with E-state index in [4.69, 9.17) is 21.6 Å². The highest BCUT2D eigenvalue weighted by atomic mass is 35.5. The fourth-order valence-electron chi connectivity index (χ4n) is 1.50. The Labute approximate surface area is 111 Å². The number of hydrogen-bond donors (Lipinski definition) is 1. The lowest BCUT2D eigenvalue weighted by Gasteiger charge is -2.09. The van der Waals surface area contributed by atoms with Crippen molar-refractivity contribution in [2.75, 3.05) is 6.61 Å². The minimum atomic E-state index is -0.332. The minimum Gasteiger partial charge on any atom is -0.466 e. The van der Waals surface area contributed by atoms with Gasteiger partial charge in [0.05, 0.1) is 24.7 Å². The summed E-state index contributed by atoms with van der Waals surface area (Å²) in [5.41, 5.74) is 1.81. The molecule has 1 aromatic carbocycles. The molecule has 0 fully saturated rings. The SMILES string of the molecule is CCOC(=O)Cc1cc(S)cc(C#N)c1CCl. The second kappa shape index (κ2) is 6.53. The molecule has 0 heterocycles. The fraction of sp³-hybridized carbons (Fsp3) is 0.333. The summed E-state index contributed by atoms with van der Waals surface area (Å²) in [6.07, 6.45) is 0.110. The third-order valence-electron chi connectivity index (χ3n) is 2.22. The van der Waals surface area contributed by atoms with Crippen molar-refractivity contribution in [1.29, 1.82) is 5.26 Å². The van der Waals surface area contributed by atoms with Crippen molar-refractivity contribution in [2.24, 2.45) is 0 Å². The Bertz CT molecular complexity index is 468. The maximum atomic E-state index is 11.4. The zero-order valence-corrected chi connectivity index (χ0v) is 11.0. The van der Waals surface area contributed by atoms with Gasteiger partial charge in [0.25, 0.3) is 0 Å². The van der Waals surface area contributed by atoms with Gasteiger partial charge in [-0.2, -0.15) is 5.26 Å². The van der Waals surface area contributed by atoms with Crippen LogP contribution in [0.4, 0.5) is 0 Å². The first-order chi connectivity index (χ1) is 8.12. The van der Waals surface area contributed by atoms with E-state index in [-0.39, 0.29) is 18.3 Å². The molecule has 1 aromatic rings. The van der Waals surface area contributed by atoms with Crippen molar-refractivity contribution in [2.45, 2.75) is 24.1 Å². The number of carbonyl (C=O) groups excluding carboxylic acids is 1. The molecule has 0 bridgehead atoms. The topological polar surface area (TPSA) is 50.1 Å². The van der Waals surface area contributed by atoms with Crippen molar-refractivity contribution in [3.05, 3.63) is 28.8 Å². The van der Waals surface area contributed by atoms with Crippen molar-refractivity contribution < 1.29 is 9.53 Å². The van der Waals surface area contributed by atoms with Gasteiger partial charge in [0.1, 0.15) is 0 Å². The average molecular weight is 270 g/mol. The minimum absolute atomic E-state index is 0.110. The zero-order chi connectivity index (χ0) is 12.8. The second-order valence-electron chi connectivity index (χ2n) is 3.36. The maximum absolute atomic E-state index is 11.4. The van der Waals surface area contributed by atoms with E-state index in [1.54, 1.807) is 19.1 Å². The molecule has 0 aliphatic carbocycles. The third-order valence-corrected chi connectivity index (χ3v) is 2.75. The summed E-state index contributed by atoms with van der Waals surface area (Å²) in [6.45, 7) is 2.08. The van der Waals surface area contributed by atoms with Crippen LogP contribution in [0.15, 0.2) is 17.0 Å². The number of carbonyl (C=O) groups is 1. The van der Waals surface area contributed by atoms with Crippen LogP contribution >= 0.6 is 24.2 Å². The smallest absolute Gasteiger partial charge is 0.310 e. The standard InChI is InChI=1S/C12H12ClNO2S/c1-2-16-12(15)5-8-3-10(17)4-9(7-14)11(8)6-13/h3-4,17H,2,5-6H2,1H3. The quantitative estimate of drug-likeness (QED) is 0.519. The molecule has 3 nitrogen and oxygen atoms in total. The Balaban J connectivity index is 3.10. The number of halogens is 1. The van der Waals surface area contributed by atoms with Crippen molar-refractivity contribution in [3.63, 3.8) is 0 Å². The second-order valence-corrected chi connectivity index (χ2v) is 4.14. The highest BCUT2D eigenvalue weighted by molar-refractivity contribution is 7.80. The summed E-state index contributed by atoms with van der Waals surface area (Å²) in [5, 5.41) is 8.98. The van der Waals surface area contributed by atoms with Crippen LogP contribution in [0.25, 0.3) is 0 Å². The predicted molar refractivity (Wildman–Crippen MR) is 68.3 cm³/mol. The molecule has 0 aliphatic rings. The molecular weight excluding hydrogens is 258 g/mol. The van der Waals surface area contributed by atoms with Crippen LogP contribution in [0.1, 0.15) is 23.6 Å². The number of nitrogens with zero attached hydrogens (tertiary/aromatic N) is 1. The van der Waals surface area contributed by atoms with Crippen LogP contribution in [0.2, 0.25) is 0 Å². The molecule has 0 aromatic heterocycles. The number of nitriles is 1. The summed E-state index contributed by atoms with van der Waals surface area (Å²) < 4.78 is 4.87. The number of rotatable bonds is 4. The first kappa shape index (κ1) is 13.9. The van der Waals surface area contributed by atoms with Gasteiger partial charge in [-0.15, -0.1) is 24.2 Å². The fourth-order valence-corrected chi connectivity index (χ4v) is 2.10. The van der Waals surface area contributed by atoms with Gasteiger partial charge in [-0.25, -0.2) is 0 Å². The molecule has 0 spiro atoms. The highest BCUT2D eigenvalue weighted by Crippen LogP contribution is 2.22. The third kappa shape index (κ3) is 3.65. The van der Waals surface area contributed by atoms with E-state index < -0.39 is 0 Å². The summed E-state index contributed by atoms with van der Waals surface area (Å²) >= 11 is 9.99. The van der Waals surface area contributed by atoms with Crippen molar-refractivity contribution in [1.82, 2.24) is 0 Å². The van der Waals surface area contributed by atoms with E-state index in [0.29, 0.717) is 28.2 Å². The van der Waals surface area contributed by atoms with E-state index in [2.05, 4.69) is 12.6 Å². The Morgan fingerprint density at radius 3 is 2.82 bits per heavy atom. The van der Waals surface area contributed by atoms with Gasteiger partial charge in [-0.3, -0.25) is 4.79 Å². The number of thiol groups is 1. The van der Waals surface area contributed by atoms with Crippen LogP contribution in [0.3, 0.4) is 0 Å². The Kier molecular flexibility index (Phi) is 5.33. The van der Waals surface area contributed by atoms with Gasteiger partial charge in [0.15, 0.2) is 0 Å². The zero-order valence-electron chi connectivity index (χ0n) is 9.36. The molecule has 0 aliphatic heterocycles. The molecule has 90 valence electrons. The highest BCUT2D eigenvalue weighted by Gasteiger charge is 2.13. The molecule has 1 rings (SSSR count). The van der Waals surface area contributed by atoms with Gasteiger partial charge in [-0.05, 0) is 30.2 Å². The number of esters is 1. The molecular formula is C12H12ClNO2S. The van der Waals surface area contributed by atoms with Crippen LogP contribution in [-0.4, -0.2) is 12.6 Å². The van der Waals surface area contributed by atoms with E-state index in [9.17, 15) is 4.79 Å². The molecule has 0 atom stereocenters. The van der Waals surface area contributed by atoms with Crippen molar-refractivity contribution >= 4 is 30.2 Å². The van der Waals surface area contributed by atoms with Crippen molar-refractivity contribution in [3.8, 4) is 6.07 Å². The molecule has 0 N–H and O–H groups in total. The monoisotopic (exact) mass is 269 g/mol. The number of benzene rings is 1. The molecule has 0 saturated carbocycles. The Morgan fingerprint density at radius 1 is 1.59 bits per heavy atom. The predicted octanol–water partition coefficient (Wildman–Crippen LogP) is 2.69. The lowest BCUT2D eigenvalue weighted by Crippen LogP contribution is -2.10. The number of hydrogen-bond acceptors (Lipinski definition) is 4. The molecule has 5 heteroatoms. The molecule has 0 saturated heterocycles. The largest absolute Gasteiger partial charge is 0.466 e. The van der Waals surface area contributed by atoms with Gasteiger partial charge in [0.2, 0.25) is 0 Å². The molecule has 0 amide bonds. The van der Waals surface area contributed by atoms with Gasteiger partial charge in [-0.1, -0.05) is 0 Å². The number of ether oxygens (including phenoxy) is 1. The van der Waals surface area contributed by atoms with Gasteiger partial charge >= 0.3 is 5.97 Å². The van der Waals surface area contributed by atoms with Crippen LogP contribution in [0.5, 0.6) is 0 Å². The van der Waals surface area contributed by atoms with E-state index >= 15 is 0 Å². The van der Waals surface area contributed by atoms with E-state index in [0.717, 1.165) is 0 Å². The summed E-state index contributed by atoms with van der Waals surface area (Å²) in [7, 11) is 0. The Hall–Kier alpha value is -1.18.